The number of nitrogens with one attached hydrogen (secondary N) is 2. The molecule has 0 aromatic carbocycles. The maximum Gasteiger partial charge on any atom is 0.261 e. The molecule has 8 heteroatoms. The maximum absolute atomic E-state index is 12.0. The summed E-state index contributed by atoms with van der Waals surface area (Å²) in [5, 5.41) is 8.06. The van der Waals surface area contributed by atoms with Crippen molar-refractivity contribution in [3.8, 4) is 0 Å². The molecule has 1 saturated heterocycles. The molecule has 2 aromatic rings. The van der Waals surface area contributed by atoms with Gasteiger partial charge in [0, 0.05) is 37.9 Å². The van der Waals surface area contributed by atoms with Gasteiger partial charge in [0.05, 0.1) is 18.1 Å². The van der Waals surface area contributed by atoms with E-state index in [1.54, 1.807) is 0 Å². The van der Waals surface area contributed by atoms with Gasteiger partial charge in [-0.1, -0.05) is 0 Å². The van der Waals surface area contributed by atoms with E-state index < -0.39 is 0 Å². The van der Waals surface area contributed by atoms with E-state index in [9.17, 15) is 4.79 Å². The molecule has 0 spiro atoms. The number of carbonyl (C=O) groups excluding carboxylic acids is 1. The third-order valence-electron chi connectivity index (χ3n) is 3.82. The van der Waals surface area contributed by atoms with Crippen molar-refractivity contribution in [2.45, 2.75) is 13.8 Å². The first-order valence-electron chi connectivity index (χ1n) is 8.37. The molecular formula is C17H23N5O2S. The summed E-state index contributed by atoms with van der Waals surface area (Å²) in [4.78, 5) is 23.9. The number of hydrogen-bond acceptors (Lipinski definition) is 7. The number of anilines is 2. The molecule has 0 aliphatic carbocycles. The van der Waals surface area contributed by atoms with Crippen LogP contribution in [0.1, 0.15) is 20.9 Å². The van der Waals surface area contributed by atoms with Crippen LogP contribution in [0, 0.1) is 13.8 Å². The van der Waals surface area contributed by atoms with Gasteiger partial charge in [0.2, 0.25) is 5.95 Å². The molecule has 0 radical (unpaired) electrons. The molecule has 1 amide bonds. The molecular weight excluding hydrogens is 338 g/mol. The number of rotatable bonds is 6. The largest absolute Gasteiger partial charge is 0.378 e. The van der Waals surface area contributed by atoms with Crippen LogP contribution in [0.25, 0.3) is 0 Å². The predicted octanol–water partition coefficient (Wildman–Crippen LogP) is 1.83. The molecule has 1 fully saturated rings. The first-order valence-corrected chi connectivity index (χ1v) is 9.25. The topological polar surface area (TPSA) is 79.4 Å². The minimum Gasteiger partial charge on any atom is -0.378 e. The predicted molar refractivity (Wildman–Crippen MR) is 99.7 cm³/mol. The molecule has 0 bridgehead atoms. The fraction of sp³-hybridized carbons (Fsp3) is 0.471. The summed E-state index contributed by atoms with van der Waals surface area (Å²) in [5.74, 6) is 1.46. The molecule has 2 N–H and O–H groups in total. The number of aromatic nitrogens is 2. The van der Waals surface area contributed by atoms with Crippen LogP contribution in [0.2, 0.25) is 0 Å². The summed E-state index contributed by atoms with van der Waals surface area (Å²) in [6, 6.07) is 3.88. The number of thiophene rings is 1. The summed E-state index contributed by atoms with van der Waals surface area (Å²) in [6.45, 7) is 8.15. The van der Waals surface area contributed by atoms with Gasteiger partial charge in [-0.05, 0) is 30.9 Å². The van der Waals surface area contributed by atoms with Gasteiger partial charge in [-0.25, -0.2) is 4.98 Å². The van der Waals surface area contributed by atoms with Crippen LogP contribution in [-0.4, -0.2) is 55.3 Å². The third kappa shape index (κ3) is 4.90. The van der Waals surface area contributed by atoms with E-state index in [2.05, 4.69) is 25.5 Å². The second kappa shape index (κ2) is 8.26. The lowest BCUT2D eigenvalue weighted by Gasteiger charge is -2.28. The van der Waals surface area contributed by atoms with Gasteiger partial charge in [0.1, 0.15) is 5.82 Å². The van der Waals surface area contributed by atoms with Gasteiger partial charge in [0.25, 0.3) is 5.91 Å². The lowest BCUT2D eigenvalue weighted by atomic mass is 10.3. The van der Waals surface area contributed by atoms with Gasteiger partial charge < -0.3 is 20.3 Å². The molecule has 2 aromatic heterocycles. The Balaban J connectivity index is 1.51. The highest BCUT2D eigenvalue weighted by Gasteiger charge is 2.14. The van der Waals surface area contributed by atoms with Crippen LogP contribution in [0.3, 0.4) is 0 Å². The van der Waals surface area contributed by atoms with Crippen molar-refractivity contribution < 1.29 is 9.53 Å². The third-order valence-corrected chi connectivity index (χ3v) is 4.87. The van der Waals surface area contributed by atoms with E-state index in [-0.39, 0.29) is 5.91 Å². The van der Waals surface area contributed by atoms with Gasteiger partial charge in [-0.15, -0.1) is 11.3 Å². The molecule has 3 heterocycles. The van der Waals surface area contributed by atoms with Gasteiger partial charge in [-0.3, -0.25) is 4.79 Å². The molecule has 0 unspecified atom stereocenters. The Morgan fingerprint density at radius 2 is 2.04 bits per heavy atom. The number of nitrogens with zero attached hydrogens (tertiary/aromatic N) is 3. The monoisotopic (exact) mass is 361 g/mol. The Labute approximate surface area is 151 Å². The van der Waals surface area contributed by atoms with Crippen LogP contribution in [-0.2, 0) is 4.74 Å². The zero-order valence-electron chi connectivity index (χ0n) is 14.5. The average molecular weight is 361 g/mol. The van der Waals surface area contributed by atoms with E-state index >= 15 is 0 Å². The van der Waals surface area contributed by atoms with E-state index in [0.29, 0.717) is 19.0 Å². The standard InChI is InChI=1S/C17H23N5O2S/c1-12-9-14(25-11-12)16(23)18-3-4-19-17-20-13(2)10-15(21-17)22-5-7-24-8-6-22/h9-11H,3-8H2,1-2H3,(H,18,23)(H,19,20,21). The van der Waals surface area contributed by atoms with Crippen molar-refractivity contribution in [2.24, 2.45) is 0 Å². The highest BCUT2D eigenvalue weighted by atomic mass is 32.1. The smallest absolute Gasteiger partial charge is 0.261 e. The van der Waals surface area contributed by atoms with Crippen LogP contribution >= 0.6 is 11.3 Å². The molecule has 0 saturated carbocycles. The number of hydrogen-bond donors (Lipinski definition) is 2. The zero-order valence-corrected chi connectivity index (χ0v) is 15.4. The zero-order chi connectivity index (χ0) is 17.6. The van der Waals surface area contributed by atoms with Crippen molar-refractivity contribution in [1.82, 2.24) is 15.3 Å². The molecule has 25 heavy (non-hydrogen) atoms. The van der Waals surface area contributed by atoms with E-state index in [4.69, 9.17) is 4.74 Å². The summed E-state index contributed by atoms with van der Waals surface area (Å²) >= 11 is 1.46. The number of carbonyl (C=O) groups is 1. The number of morpholine rings is 1. The fourth-order valence-corrected chi connectivity index (χ4v) is 3.39. The van der Waals surface area contributed by atoms with Crippen molar-refractivity contribution in [1.29, 1.82) is 0 Å². The lowest BCUT2D eigenvalue weighted by Crippen LogP contribution is -2.37. The Morgan fingerprint density at radius 1 is 1.24 bits per heavy atom. The molecule has 134 valence electrons. The van der Waals surface area contributed by atoms with Gasteiger partial charge in [-0.2, -0.15) is 4.98 Å². The van der Waals surface area contributed by atoms with Crippen LogP contribution in [0.5, 0.6) is 0 Å². The average Bonchev–Trinajstić information content (AvgIpc) is 3.05. The van der Waals surface area contributed by atoms with Crippen molar-refractivity contribution in [3.05, 3.63) is 33.6 Å². The van der Waals surface area contributed by atoms with E-state index in [1.165, 1.54) is 11.3 Å². The Hall–Kier alpha value is -2.19. The van der Waals surface area contributed by atoms with Gasteiger partial charge in [0.15, 0.2) is 0 Å². The Bertz CT molecular complexity index is 728. The highest BCUT2D eigenvalue weighted by molar-refractivity contribution is 7.12. The number of ether oxygens (including phenoxy) is 1. The first kappa shape index (κ1) is 17.6. The summed E-state index contributed by atoms with van der Waals surface area (Å²) in [7, 11) is 0. The normalized spacial score (nSPS) is 14.4. The number of amides is 1. The van der Waals surface area contributed by atoms with E-state index in [0.717, 1.165) is 48.3 Å². The van der Waals surface area contributed by atoms with Gasteiger partial charge >= 0.3 is 0 Å². The molecule has 1 aliphatic heterocycles. The van der Waals surface area contributed by atoms with Crippen molar-refractivity contribution in [3.63, 3.8) is 0 Å². The SMILES string of the molecule is Cc1csc(C(=O)NCCNc2nc(C)cc(N3CCOCC3)n2)c1. The Kier molecular flexibility index (Phi) is 5.83. The summed E-state index contributed by atoms with van der Waals surface area (Å²) in [6.07, 6.45) is 0. The van der Waals surface area contributed by atoms with Crippen LogP contribution in [0.15, 0.2) is 17.5 Å². The van der Waals surface area contributed by atoms with Crippen LogP contribution < -0.4 is 15.5 Å². The van der Waals surface area contributed by atoms with Crippen molar-refractivity contribution >= 4 is 29.0 Å². The molecule has 1 aliphatic rings. The second-order valence-electron chi connectivity index (χ2n) is 5.96. The molecule has 3 rings (SSSR count). The number of aryl methyl sites for hydroxylation is 2. The Morgan fingerprint density at radius 3 is 2.76 bits per heavy atom. The quantitative estimate of drug-likeness (QED) is 0.764. The van der Waals surface area contributed by atoms with Crippen molar-refractivity contribution in [2.75, 3.05) is 49.6 Å². The second-order valence-corrected chi connectivity index (χ2v) is 6.87. The fourth-order valence-electron chi connectivity index (χ4n) is 2.57. The lowest BCUT2D eigenvalue weighted by molar-refractivity contribution is 0.0959. The first-order chi connectivity index (χ1) is 12.1. The molecule has 7 nitrogen and oxygen atoms in total. The summed E-state index contributed by atoms with van der Waals surface area (Å²) in [5.41, 5.74) is 2.02. The minimum atomic E-state index is -0.0425. The van der Waals surface area contributed by atoms with E-state index in [1.807, 2.05) is 31.4 Å². The molecule has 0 atom stereocenters. The minimum absolute atomic E-state index is 0.0425. The van der Waals surface area contributed by atoms with Crippen LogP contribution in [0.4, 0.5) is 11.8 Å². The summed E-state index contributed by atoms with van der Waals surface area (Å²) < 4.78 is 5.38. The highest BCUT2D eigenvalue weighted by Crippen LogP contribution is 2.16. The maximum atomic E-state index is 12.0.